The summed E-state index contributed by atoms with van der Waals surface area (Å²) < 4.78 is 13.1. The van der Waals surface area contributed by atoms with Crippen molar-refractivity contribution in [3.63, 3.8) is 0 Å². The van der Waals surface area contributed by atoms with E-state index in [0.717, 1.165) is 12.0 Å². The first-order valence-corrected chi connectivity index (χ1v) is 9.98. The fourth-order valence-corrected chi connectivity index (χ4v) is 4.11. The summed E-state index contributed by atoms with van der Waals surface area (Å²) in [7, 11) is 0. The third-order valence-corrected chi connectivity index (χ3v) is 6.01. The summed E-state index contributed by atoms with van der Waals surface area (Å²) in [5, 5.41) is 0.829. The second-order valence-electron chi connectivity index (χ2n) is 7.24. The Morgan fingerprint density at radius 3 is 2.25 bits per heavy atom. The molecule has 2 aromatic carbocycles. The minimum Gasteiger partial charge on any atom is -0.339 e. The van der Waals surface area contributed by atoms with Crippen molar-refractivity contribution in [3.05, 3.63) is 69.5 Å². The molecule has 2 aromatic rings. The van der Waals surface area contributed by atoms with E-state index in [1.54, 1.807) is 35.2 Å². The molecule has 2 atom stereocenters. The average Bonchev–Trinajstić information content (AvgIpc) is 3.50. The van der Waals surface area contributed by atoms with Gasteiger partial charge in [-0.3, -0.25) is 9.59 Å². The Morgan fingerprint density at radius 1 is 0.929 bits per heavy atom. The van der Waals surface area contributed by atoms with E-state index >= 15 is 0 Å². The summed E-state index contributed by atoms with van der Waals surface area (Å²) in [5.41, 5.74) is 1.39. The molecule has 0 radical (unpaired) electrons. The molecule has 1 saturated carbocycles. The number of carbonyl (C=O) groups is 2. The maximum absolute atomic E-state index is 13.1. The lowest BCUT2D eigenvalue weighted by Gasteiger charge is -2.35. The van der Waals surface area contributed by atoms with Crippen LogP contribution in [-0.4, -0.2) is 47.8 Å². The van der Waals surface area contributed by atoms with Gasteiger partial charge in [-0.05, 0) is 48.2 Å². The molecule has 0 bridgehead atoms. The topological polar surface area (TPSA) is 40.6 Å². The molecule has 0 N–H and O–H groups in total. The van der Waals surface area contributed by atoms with Gasteiger partial charge in [0.25, 0.3) is 5.91 Å². The third kappa shape index (κ3) is 3.87. The molecule has 7 heteroatoms. The first-order chi connectivity index (χ1) is 13.4. The van der Waals surface area contributed by atoms with E-state index in [-0.39, 0.29) is 29.5 Å². The molecule has 1 heterocycles. The van der Waals surface area contributed by atoms with Gasteiger partial charge in [0.15, 0.2) is 0 Å². The molecule has 2 fully saturated rings. The summed E-state index contributed by atoms with van der Waals surface area (Å²) in [6.45, 7) is 1.91. The molecule has 0 aromatic heterocycles. The van der Waals surface area contributed by atoms with Crippen molar-refractivity contribution in [2.24, 2.45) is 5.92 Å². The SMILES string of the molecule is O=C(c1cc(Cl)ccc1Cl)N1CCN(C(=O)C2CC2c2ccc(F)cc2)CC1. The number of amides is 2. The van der Waals surface area contributed by atoms with Gasteiger partial charge >= 0.3 is 0 Å². The fourth-order valence-electron chi connectivity index (χ4n) is 3.74. The number of rotatable bonds is 3. The smallest absolute Gasteiger partial charge is 0.255 e. The number of piperazine rings is 1. The minimum absolute atomic E-state index is 0.0462. The number of carbonyl (C=O) groups excluding carboxylic acids is 2. The van der Waals surface area contributed by atoms with Crippen molar-refractivity contribution in [3.8, 4) is 0 Å². The molecule has 28 heavy (non-hydrogen) atoms. The van der Waals surface area contributed by atoms with Gasteiger partial charge in [0.1, 0.15) is 5.82 Å². The van der Waals surface area contributed by atoms with Crippen LogP contribution in [0.1, 0.15) is 28.3 Å². The third-order valence-electron chi connectivity index (χ3n) is 5.44. The molecular formula is C21H19Cl2FN2O2. The van der Waals surface area contributed by atoms with E-state index in [9.17, 15) is 14.0 Å². The van der Waals surface area contributed by atoms with Crippen LogP contribution in [0.3, 0.4) is 0 Å². The quantitative estimate of drug-likeness (QED) is 0.745. The van der Waals surface area contributed by atoms with Gasteiger partial charge in [-0.15, -0.1) is 0 Å². The molecule has 146 valence electrons. The van der Waals surface area contributed by atoms with Crippen molar-refractivity contribution in [1.29, 1.82) is 0 Å². The average molecular weight is 421 g/mol. The highest BCUT2D eigenvalue weighted by molar-refractivity contribution is 6.35. The molecule has 2 aliphatic rings. The predicted octanol–water partition coefficient (Wildman–Crippen LogP) is 4.22. The van der Waals surface area contributed by atoms with Crippen LogP contribution in [0, 0.1) is 11.7 Å². The lowest BCUT2D eigenvalue weighted by Crippen LogP contribution is -2.51. The van der Waals surface area contributed by atoms with Gasteiger partial charge in [-0.1, -0.05) is 35.3 Å². The van der Waals surface area contributed by atoms with Crippen molar-refractivity contribution in [2.75, 3.05) is 26.2 Å². The van der Waals surface area contributed by atoms with Crippen molar-refractivity contribution in [2.45, 2.75) is 12.3 Å². The number of hydrogen-bond donors (Lipinski definition) is 0. The molecule has 0 spiro atoms. The molecule has 4 nitrogen and oxygen atoms in total. The van der Waals surface area contributed by atoms with E-state index in [0.29, 0.717) is 41.8 Å². The molecule has 2 amide bonds. The van der Waals surface area contributed by atoms with Gasteiger partial charge in [0.2, 0.25) is 5.91 Å². The van der Waals surface area contributed by atoms with Crippen LogP contribution in [0.2, 0.25) is 10.0 Å². The van der Waals surface area contributed by atoms with Gasteiger partial charge in [0.05, 0.1) is 10.6 Å². The van der Waals surface area contributed by atoms with Gasteiger partial charge in [0, 0.05) is 37.1 Å². The lowest BCUT2D eigenvalue weighted by atomic mass is 10.1. The second kappa shape index (κ2) is 7.72. The summed E-state index contributed by atoms with van der Waals surface area (Å²) in [5.74, 6) is -0.210. The standard InChI is InChI=1S/C21H19Cl2FN2O2/c22-14-3-6-19(23)18(11-14)21(28)26-9-7-25(8-10-26)20(27)17-12-16(17)13-1-4-15(24)5-2-13/h1-6,11,16-17H,7-10,12H2. The largest absolute Gasteiger partial charge is 0.339 e. The summed E-state index contributed by atoms with van der Waals surface area (Å²) in [4.78, 5) is 29.0. The molecule has 2 unspecified atom stereocenters. The molecule has 1 aliphatic heterocycles. The van der Waals surface area contributed by atoms with Crippen LogP contribution in [-0.2, 0) is 4.79 Å². The molecule has 1 saturated heterocycles. The predicted molar refractivity (Wildman–Crippen MR) is 106 cm³/mol. The summed E-state index contributed by atoms with van der Waals surface area (Å²) in [6.07, 6.45) is 0.793. The Kier molecular flexibility index (Phi) is 5.30. The van der Waals surface area contributed by atoms with Gasteiger partial charge in [-0.2, -0.15) is 0 Å². The highest BCUT2D eigenvalue weighted by Crippen LogP contribution is 2.48. The van der Waals surface area contributed by atoms with Crippen LogP contribution in [0.15, 0.2) is 42.5 Å². The zero-order valence-corrected chi connectivity index (χ0v) is 16.6. The van der Waals surface area contributed by atoms with E-state index in [4.69, 9.17) is 23.2 Å². The number of benzene rings is 2. The van der Waals surface area contributed by atoms with E-state index in [1.807, 2.05) is 4.90 Å². The van der Waals surface area contributed by atoms with Gasteiger partial charge in [-0.25, -0.2) is 4.39 Å². The first kappa shape index (κ1) is 19.2. The number of nitrogens with zero attached hydrogens (tertiary/aromatic N) is 2. The zero-order valence-electron chi connectivity index (χ0n) is 15.1. The first-order valence-electron chi connectivity index (χ1n) is 9.22. The van der Waals surface area contributed by atoms with Crippen LogP contribution in [0.5, 0.6) is 0 Å². The number of hydrogen-bond acceptors (Lipinski definition) is 2. The van der Waals surface area contributed by atoms with Crippen LogP contribution in [0.4, 0.5) is 4.39 Å². The maximum atomic E-state index is 13.1. The Balaban J connectivity index is 1.34. The Labute approximate surface area is 172 Å². The van der Waals surface area contributed by atoms with Crippen molar-refractivity contribution < 1.29 is 14.0 Å². The highest BCUT2D eigenvalue weighted by Gasteiger charge is 2.46. The molecular weight excluding hydrogens is 402 g/mol. The molecule has 4 rings (SSSR count). The van der Waals surface area contributed by atoms with E-state index in [2.05, 4.69) is 0 Å². The Bertz CT molecular complexity index is 911. The Hall–Kier alpha value is -2.11. The lowest BCUT2D eigenvalue weighted by molar-refractivity contribution is -0.134. The van der Waals surface area contributed by atoms with Crippen LogP contribution in [0.25, 0.3) is 0 Å². The summed E-state index contributed by atoms with van der Waals surface area (Å²) >= 11 is 12.1. The highest BCUT2D eigenvalue weighted by atomic mass is 35.5. The zero-order chi connectivity index (χ0) is 19.8. The Morgan fingerprint density at radius 2 is 1.57 bits per heavy atom. The molecule has 1 aliphatic carbocycles. The normalized spacial score (nSPS) is 21.5. The van der Waals surface area contributed by atoms with Crippen molar-refractivity contribution in [1.82, 2.24) is 9.80 Å². The van der Waals surface area contributed by atoms with E-state index < -0.39 is 0 Å². The maximum Gasteiger partial charge on any atom is 0.255 e. The van der Waals surface area contributed by atoms with Gasteiger partial charge < -0.3 is 9.80 Å². The van der Waals surface area contributed by atoms with Crippen molar-refractivity contribution >= 4 is 35.0 Å². The fraction of sp³-hybridized carbons (Fsp3) is 0.333. The summed E-state index contributed by atoms with van der Waals surface area (Å²) in [6, 6.07) is 11.2. The van der Waals surface area contributed by atoms with Crippen LogP contribution >= 0.6 is 23.2 Å². The van der Waals surface area contributed by atoms with Crippen LogP contribution < -0.4 is 0 Å². The monoisotopic (exact) mass is 420 g/mol. The minimum atomic E-state index is -0.270. The number of halogens is 3. The van der Waals surface area contributed by atoms with E-state index in [1.165, 1.54) is 12.1 Å². The second-order valence-corrected chi connectivity index (χ2v) is 8.09.